The average Bonchev–Trinajstić information content (AvgIpc) is 3.45. The van der Waals surface area contributed by atoms with Gasteiger partial charge in [0, 0.05) is 29.2 Å². The van der Waals surface area contributed by atoms with Crippen LogP contribution < -0.4 is 25.0 Å². The lowest BCUT2D eigenvalue weighted by Gasteiger charge is -2.34. The molecule has 1 saturated carbocycles. The summed E-state index contributed by atoms with van der Waals surface area (Å²) in [5.41, 5.74) is 1.75. The first kappa shape index (κ1) is 28.2. The van der Waals surface area contributed by atoms with Crippen LogP contribution in [-0.2, 0) is 20.8 Å². The molecular formula is C30H35N3O5S. The van der Waals surface area contributed by atoms with Crippen molar-refractivity contribution in [3.05, 3.63) is 70.4 Å². The molecule has 1 atom stereocenters. The molecule has 0 spiro atoms. The fourth-order valence-electron chi connectivity index (χ4n) is 4.96. The molecule has 3 amide bonds. The van der Waals surface area contributed by atoms with Gasteiger partial charge in [-0.1, -0.05) is 31.4 Å². The SMILES string of the molecule is COc1ccc(C(C(=O)NC2CCCCC2)N(C(=O)Cc2cccs2)c2ccc(NC(C)=O)cc2)cc1OC. The van der Waals surface area contributed by atoms with Gasteiger partial charge in [0.05, 0.1) is 20.6 Å². The van der Waals surface area contributed by atoms with Crippen molar-refractivity contribution >= 4 is 40.4 Å². The zero-order valence-corrected chi connectivity index (χ0v) is 23.4. The molecule has 8 nitrogen and oxygen atoms in total. The Hall–Kier alpha value is -3.85. The van der Waals surface area contributed by atoms with Crippen LogP contribution in [0.25, 0.3) is 0 Å². The van der Waals surface area contributed by atoms with Crippen LogP contribution in [0.2, 0.25) is 0 Å². The third-order valence-corrected chi connectivity index (χ3v) is 7.70. The molecule has 9 heteroatoms. The van der Waals surface area contributed by atoms with Crippen LogP contribution in [0.3, 0.4) is 0 Å². The Balaban J connectivity index is 1.79. The van der Waals surface area contributed by atoms with Gasteiger partial charge in [-0.05, 0) is 66.2 Å². The normalized spacial score (nSPS) is 14.2. The topological polar surface area (TPSA) is 97.0 Å². The molecule has 3 aromatic rings. The van der Waals surface area contributed by atoms with E-state index in [-0.39, 0.29) is 30.2 Å². The molecule has 2 N–H and O–H groups in total. The van der Waals surface area contributed by atoms with Gasteiger partial charge in [-0.3, -0.25) is 19.3 Å². The van der Waals surface area contributed by atoms with E-state index in [1.807, 2.05) is 17.5 Å². The Morgan fingerprint density at radius 1 is 0.974 bits per heavy atom. The van der Waals surface area contributed by atoms with Crippen LogP contribution in [0.15, 0.2) is 60.0 Å². The van der Waals surface area contributed by atoms with Crippen molar-refractivity contribution in [2.75, 3.05) is 24.4 Å². The van der Waals surface area contributed by atoms with Gasteiger partial charge in [0.1, 0.15) is 6.04 Å². The number of carbonyl (C=O) groups excluding carboxylic acids is 3. The van der Waals surface area contributed by atoms with Crippen LogP contribution in [0.5, 0.6) is 11.5 Å². The number of benzene rings is 2. The molecule has 0 bridgehead atoms. The van der Waals surface area contributed by atoms with Crippen LogP contribution in [-0.4, -0.2) is 38.0 Å². The lowest BCUT2D eigenvalue weighted by molar-refractivity contribution is -0.127. The summed E-state index contributed by atoms with van der Waals surface area (Å²) in [5, 5.41) is 7.90. The van der Waals surface area contributed by atoms with Crippen LogP contribution in [0.4, 0.5) is 11.4 Å². The Kier molecular flexibility index (Phi) is 9.59. The van der Waals surface area contributed by atoms with E-state index in [0.717, 1.165) is 37.0 Å². The predicted molar refractivity (Wildman–Crippen MR) is 154 cm³/mol. The minimum atomic E-state index is -0.953. The van der Waals surface area contributed by atoms with Crippen molar-refractivity contribution in [3.8, 4) is 11.5 Å². The molecule has 1 fully saturated rings. The lowest BCUT2D eigenvalue weighted by Crippen LogP contribution is -2.47. The summed E-state index contributed by atoms with van der Waals surface area (Å²) in [6.07, 6.45) is 5.27. The molecule has 206 valence electrons. The van der Waals surface area contributed by atoms with Crippen LogP contribution in [0.1, 0.15) is 55.5 Å². The summed E-state index contributed by atoms with van der Waals surface area (Å²) in [7, 11) is 3.09. The number of amides is 3. The molecule has 0 saturated heterocycles. The van der Waals surface area contributed by atoms with Crippen molar-refractivity contribution in [2.45, 2.75) is 57.5 Å². The minimum absolute atomic E-state index is 0.0604. The van der Waals surface area contributed by atoms with E-state index < -0.39 is 6.04 Å². The van der Waals surface area contributed by atoms with Crippen LogP contribution in [0, 0.1) is 0 Å². The molecule has 0 radical (unpaired) electrons. The maximum absolute atomic E-state index is 14.1. The lowest BCUT2D eigenvalue weighted by atomic mass is 9.94. The highest BCUT2D eigenvalue weighted by Crippen LogP contribution is 2.35. The number of carbonyl (C=O) groups is 3. The summed E-state index contributed by atoms with van der Waals surface area (Å²) in [4.78, 5) is 42.1. The fraction of sp³-hybridized carbons (Fsp3) is 0.367. The number of methoxy groups -OCH3 is 2. The second-order valence-electron chi connectivity index (χ2n) is 9.61. The van der Waals surface area contributed by atoms with Gasteiger partial charge in [-0.15, -0.1) is 11.3 Å². The average molecular weight is 550 g/mol. The van der Waals surface area contributed by atoms with Gasteiger partial charge in [0.2, 0.25) is 17.7 Å². The smallest absolute Gasteiger partial charge is 0.248 e. The molecule has 39 heavy (non-hydrogen) atoms. The van der Waals surface area contributed by atoms with Crippen molar-refractivity contribution in [2.24, 2.45) is 0 Å². The second kappa shape index (κ2) is 13.3. The Morgan fingerprint density at radius 3 is 2.31 bits per heavy atom. The molecule has 1 aliphatic rings. The molecular weight excluding hydrogens is 514 g/mol. The van der Waals surface area contributed by atoms with Crippen LogP contribution >= 0.6 is 11.3 Å². The van der Waals surface area contributed by atoms with Crippen molar-refractivity contribution in [3.63, 3.8) is 0 Å². The molecule has 0 aliphatic heterocycles. The summed E-state index contributed by atoms with van der Waals surface area (Å²) in [6, 6.07) is 15.2. The number of thiophene rings is 1. The quantitative estimate of drug-likeness (QED) is 0.349. The number of nitrogens with zero attached hydrogens (tertiary/aromatic N) is 1. The number of hydrogen-bond acceptors (Lipinski definition) is 6. The molecule has 1 aliphatic carbocycles. The zero-order valence-electron chi connectivity index (χ0n) is 22.6. The third-order valence-electron chi connectivity index (χ3n) is 6.82. The Bertz CT molecular complexity index is 1270. The first-order chi connectivity index (χ1) is 18.9. The summed E-state index contributed by atoms with van der Waals surface area (Å²) < 4.78 is 11.0. The first-order valence-electron chi connectivity index (χ1n) is 13.1. The second-order valence-corrected chi connectivity index (χ2v) is 10.6. The Morgan fingerprint density at radius 2 is 1.69 bits per heavy atom. The van der Waals surface area contributed by atoms with E-state index in [9.17, 15) is 14.4 Å². The van der Waals surface area contributed by atoms with E-state index >= 15 is 0 Å². The predicted octanol–water partition coefficient (Wildman–Crippen LogP) is 5.49. The van der Waals surface area contributed by atoms with E-state index in [2.05, 4.69) is 10.6 Å². The largest absolute Gasteiger partial charge is 0.493 e. The van der Waals surface area contributed by atoms with Gasteiger partial charge in [-0.2, -0.15) is 0 Å². The number of nitrogens with one attached hydrogen (secondary N) is 2. The zero-order chi connectivity index (χ0) is 27.8. The maximum Gasteiger partial charge on any atom is 0.248 e. The fourth-order valence-corrected chi connectivity index (χ4v) is 5.66. The standard InChI is InChI=1S/C30H35N3O5S/c1-20(34)31-23-12-14-24(15-13-23)33(28(35)19-25-10-7-17-39-25)29(30(36)32-22-8-5-4-6-9-22)21-11-16-26(37-2)27(18-21)38-3/h7,10-18,22,29H,4-6,8-9,19H2,1-3H3,(H,31,34)(H,32,36). The van der Waals surface area contributed by atoms with E-state index in [1.54, 1.807) is 61.6 Å². The van der Waals surface area contributed by atoms with E-state index in [4.69, 9.17) is 9.47 Å². The molecule has 4 rings (SSSR count). The van der Waals surface area contributed by atoms with Gasteiger partial charge < -0.3 is 20.1 Å². The molecule has 1 unspecified atom stereocenters. The number of hydrogen-bond donors (Lipinski definition) is 2. The van der Waals surface area contributed by atoms with E-state index in [1.165, 1.54) is 18.3 Å². The van der Waals surface area contributed by atoms with Gasteiger partial charge >= 0.3 is 0 Å². The monoisotopic (exact) mass is 549 g/mol. The molecule has 2 aromatic carbocycles. The first-order valence-corrected chi connectivity index (χ1v) is 14.0. The van der Waals surface area contributed by atoms with Gasteiger partial charge in [0.25, 0.3) is 0 Å². The molecule has 1 heterocycles. The van der Waals surface area contributed by atoms with E-state index in [0.29, 0.717) is 28.4 Å². The molecule has 1 aromatic heterocycles. The Labute approximate surface area is 233 Å². The maximum atomic E-state index is 14.1. The van der Waals surface area contributed by atoms with Gasteiger partial charge in [0.15, 0.2) is 11.5 Å². The minimum Gasteiger partial charge on any atom is -0.493 e. The van der Waals surface area contributed by atoms with Gasteiger partial charge in [-0.25, -0.2) is 0 Å². The summed E-state index contributed by atoms with van der Waals surface area (Å²) >= 11 is 1.50. The van der Waals surface area contributed by atoms with Crippen molar-refractivity contribution in [1.82, 2.24) is 5.32 Å². The van der Waals surface area contributed by atoms with Crippen molar-refractivity contribution < 1.29 is 23.9 Å². The highest BCUT2D eigenvalue weighted by Gasteiger charge is 2.35. The highest BCUT2D eigenvalue weighted by molar-refractivity contribution is 7.10. The van der Waals surface area contributed by atoms with Crippen molar-refractivity contribution in [1.29, 1.82) is 0 Å². The summed E-state index contributed by atoms with van der Waals surface area (Å²) in [5.74, 6) is 0.340. The number of rotatable bonds is 10. The number of ether oxygens (including phenoxy) is 2. The third kappa shape index (κ3) is 7.17. The highest BCUT2D eigenvalue weighted by atomic mass is 32.1. The number of anilines is 2. The summed E-state index contributed by atoms with van der Waals surface area (Å²) in [6.45, 7) is 1.44.